The van der Waals surface area contributed by atoms with Crippen LogP contribution < -0.4 is 25.0 Å². The lowest BCUT2D eigenvalue weighted by Crippen LogP contribution is -2.40. The summed E-state index contributed by atoms with van der Waals surface area (Å²) in [7, 11) is 1.71. The number of methoxy groups -OCH3 is 1. The predicted octanol–water partition coefficient (Wildman–Crippen LogP) is 3.68. The third-order valence-electron chi connectivity index (χ3n) is 5.29. The molecule has 0 amide bonds. The van der Waals surface area contributed by atoms with Crippen LogP contribution in [-0.2, 0) is 6.54 Å². The number of para-hydroxylation sites is 1. The molecule has 1 aliphatic rings. The van der Waals surface area contributed by atoms with Crippen molar-refractivity contribution in [2.75, 3.05) is 44.8 Å². The molecule has 2 aromatic rings. The van der Waals surface area contributed by atoms with Crippen LogP contribution in [0.15, 0.2) is 53.5 Å². The number of ether oxygens (including phenoxy) is 2. The van der Waals surface area contributed by atoms with Gasteiger partial charge >= 0.3 is 0 Å². The van der Waals surface area contributed by atoms with E-state index in [1.165, 1.54) is 5.69 Å². The van der Waals surface area contributed by atoms with Crippen molar-refractivity contribution in [1.29, 1.82) is 0 Å². The van der Waals surface area contributed by atoms with Gasteiger partial charge in [0.05, 0.1) is 20.3 Å². The number of benzene rings is 2. The summed E-state index contributed by atoms with van der Waals surface area (Å²) in [6, 6.07) is 16.4. The van der Waals surface area contributed by atoms with Crippen molar-refractivity contribution in [3.8, 4) is 11.5 Å². The van der Waals surface area contributed by atoms with E-state index >= 15 is 0 Å². The number of guanidine groups is 1. The Morgan fingerprint density at radius 2 is 2.00 bits per heavy atom. The van der Waals surface area contributed by atoms with Crippen LogP contribution in [0.5, 0.6) is 11.5 Å². The molecule has 162 valence electrons. The van der Waals surface area contributed by atoms with Crippen molar-refractivity contribution < 1.29 is 9.47 Å². The molecular weight excluding hydrogens is 376 g/mol. The van der Waals surface area contributed by atoms with Gasteiger partial charge < -0.3 is 25.0 Å². The second-order valence-corrected chi connectivity index (χ2v) is 7.42. The van der Waals surface area contributed by atoms with Crippen molar-refractivity contribution in [3.05, 3.63) is 54.1 Å². The minimum Gasteiger partial charge on any atom is -0.497 e. The molecule has 2 N–H and O–H groups in total. The van der Waals surface area contributed by atoms with E-state index in [4.69, 9.17) is 14.5 Å². The lowest BCUT2D eigenvalue weighted by molar-refractivity contribution is 0.336. The van der Waals surface area contributed by atoms with Crippen molar-refractivity contribution in [2.45, 2.75) is 26.8 Å². The van der Waals surface area contributed by atoms with Gasteiger partial charge in [-0.1, -0.05) is 24.3 Å². The van der Waals surface area contributed by atoms with E-state index in [9.17, 15) is 0 Å². The van der Waals surface area contributed by atoms with E-state index < -0.39 is 0 Å². The maximum Gasteiger partial charge on any atom is 0.191 e. The minimum atomic E-state index is 0.579. The highest BCUT2D eigenvalue weighted by molar-refractivity contribution is 5.79. The number of nitrogens with one attached hydrogen (secondary N) is 2. The summed E-state index contributed by atoms with van der Waals surface area (Å²) >= 11 is 0. The molecule has 0 spiro atoms. The molecule has 1 heterocycles. The number of nitrogens with zero attached hydrogens (tertiary/aromatic N) is 2. The van der Waals surface area contributed by atoms with Gasteiger partial charge in [0, 0.05) is 43.5 Å². The van der Waals surface area contributed by atoms with Crippen LogP contribution in [0, 0.1) is 5.92 Å². The Bertz CT molecular complexity index is 824. The van der Waals surface area contributed by atoms with Crippen LogP contribution >= 0.6 is 0 Å². The molecule has 1 fully saturated rings. The Morgan fingerprint density at radius 3 is 2.80 bits per heavy atom. The molecular formula is C24H34N4O2. The first-order valence-electron chi connectivity index (χ1n) is 10.8. The molecule has 0 saturated carbocycles. The van der Waals surface area contributed by atoms with Crippen LogP contribution in [0.2, 0.25) is 0 Å². The summed E-state index contributed by atoms with van der Waals surface area (Å²) in [5.74, 6) is 3.24. The molecule has 1 saturated heterocycles. The lowest BCUT2D eigenvalue weighted by atomic mass is 10.1. The second-order valence-electron chi connectivity index (χ2n) is 7.42. The highest BCUT2D eigenvalue weighted by atomic mass is 16.5. The maximum absolute atomic E-state index is 5.72. The molecule has 1 aliphatic heterocycles. The van der Waals surface area contributed by atoms with Crippen LogP contribution in [0.3, 0.4) is 0 Å². The molecule has 3 rings (SSSR count). The summed E-state index contributed by atoms with van der Waals surface area (Å²) in [4.78, 5) is 7.20. The molecule has 0 aliphatic carbocycles. The Hall–Kier alpha value is -2.89. The average molecular weight is 411 g/mol. The zero-order chi connectivity index (χ0) is 21.2. The van der Waals surface area contributed by atoms with E-state index in [0.717, 1.165) is 55.6 Å². The van der Waals surface area contributed by atoms with Crippen molar-refractivity contribution in [1.82, 2.24) is 10.6 Å². The Kier molecular flexibility index (Phi) is 8.24. The van der Waals surface area contributed by atoms with Gasteiger partial charge in [0.2, 0.25) is 0 Å². The smallest absolute Gasteiger partial charge is 0.191 e. The number of hydrogen-bond donors (Lipinski definition) is 2. The number of rotatable bonds is 9. The largest absolute Gasteiger partial charge is 0.497 e. The van der Waals surface area contributed by atoms with Gasteiger partial charge in [-0.2, -0.15) is 0 Å². The first kappa shape index (κ1) is 21.8. The molecule has 6 nitrogen and oxygen atoms in total. The Morgan fingerprint density at radius 1 is 1.13 bits per heavy atom. The third-order valence-corrected chi connectivity index (χ3v) is 5.29. The highest BCUT2D eigenvalue weighted by Gasteiger charge is 2.23. The van der Waals surface area contributed by atoms with E-state index in [0.29, 0.717) is 19.1 Å². The Balaban J connectivity index is 1.55. The van der Waals surface area contributed by atoms with Crippen LogP contribution in [0.4, 0.5) is 5.69 Å². The van der Waals surface area contributed by atoms with E-state index in [1.54, 1.807) is 7.11 Å². The van der Waals surface area contributed by atoms with Gasteiger partial charge in [-0.05, 0) is 44.4 Å². The SMILES string of the molecule is CCNC(=NCc1ccccc1OCC)NCC1CCN(c2cccc(OC)c2)C1. The zero-order valence-corrected chi connectivity index (χ0v) is 18.4. The third kappa shape index (κ3) is 6.05. The summed E-state index contributed by atoms with van der Waals surface area (Å²) in [5.41, 5.74) is 2.33. The predicted molar refractivity (Wildman–Crippen MR) is 124 cm³/mol. The summed E-state index contributed by atoms with van der Waals surface area (Å²) < 4.78 is 11.1. The number of hydrogen-bond acceptors (Lipinski definition) is 4. The normalized spacial score (nSPS) is 16.4. The van der Waals surface area contributed by atoms with Crippen molar-refractivity contribution in [3.63, 3.8) is 0 Å². The number of anilines is 1. The molecule has 1 unspecified atom stereocenters. The van der Waals surface area contributed by atoms with Crippen LogP contribution in [0.1, 0.15) is 25.8 Å². The average Bonchev–Trinajstić information content (AvgIpc) is 3.26. The molecule has 30 heavy (non-hydrogen) atoms. The highest BCUT2D eigenvalue weighted by Crippen LogP contribution is 2.26. The van der Waals surface area contributed by atoms with Gasteiger partial charge in [-0.15, -0.1) is 0 Å². The first-order valence-corrected chi connectivity index (χ1v) is 10.8. The quantitative estimate of drug-likeness (QED) is 0.488. The number of aliphatic imine (C=N–C) groups is 1. The molecule has 0 aromatic heterocycles. The fourth-order valence-electron chi connectivity index (χ4n) is 3.72. The first-order chi connectivity index (χ1) is 14.7. The monoisotopic (exact) mass is 410 g/mol. The van der Waals surface area contributed by atoms with Gasteiger partial charge in [0.25, 0.3) is 0 Å². The minimum absolute atomic E-state index is 0.579. The topological polar surface area (TPSA) is 58.1 Å². The van der Waals surface area contributed by atoms with Gasteiger partial charge in [0.1, 0.15) is 11.5 Å². The van der Waals surface area contributed by atoms with Gasteiger partial charge in [0.15, 0.2) is 5.96 Å². The summed E-state index contributed by atoms with van der Waals surface area (Å²) in [6.07, 6.45) is 1.16. The standard InChI is InChI=1S/C24H34N4O2/c1-4-25-24(27-17-20-9-6-7-12-23(20)30-5-2)26-16-19-13-14-28(18-19)21-10-8-11-22(15-21)29-3/h6-12,15,19H,4-5,13-14,16-18H2,1-3H3,(H2,25,26,27). The molecule has 2 aromatic carbocycles. The molecule has 0 radical (unpaired) electrons. The maximum atomic E-state index is 5.72. The summed E-state index contributed by atoms with van der Waals surface area (Å²) in [5, 5.41) is 6.88. The van der Waals surface area contributed by atoms with Crippen LogP contribution in [0.25, 0.3) is 0 Å². The van der Waals surface area contributed by atoms with Crippen molar-refractivity contribution in [2.24, 2.45) is 10.9 Å². The lowest BCUT2D eigenvalue weighted by Gasteiger charge is -2.20. The van der Waals surface area contributed by atoms with Crippen LogP contribution in [-0.4, -0.2) is 45.9 Å². The fraction of sp³-hybridized carbons (Fsp3) is 0.458. The molecule has 1 atom stereocenters. The fourth-order valence-corrected chi connectivity index (χ4v) is 3.72. The Labute approximate surface area is 180 Å². The molecule has 6 heteroatoms. The van der Waals surface area contributed by atoms with E-state index in [2.05, 4.69) is 46.7 Å². The van der Waals surface area contributed by atoms with E-state index in [-0.39, 0.29) is 0 Å². The van der Waals surface area contributed by atoms with Gasteiger partial charge in [-0.3, -0.25) is 0 Å². The second kappa shape index (κ2) is 11.3. The van der Waals surface area contributed by atoms with Crippen molar-refractivity contribution >= 4 is 11.6 Å². The zero-order valence-electron chi connectivity index (χ0n) is 18.4. The van der Waals surface area contributed by atoms with Gasteiger partial charge in [-0.25, -0.2) is 4.99 Å². The van der Waals surface area contributed by atoms with E-state index in [1.807, 2.05) is 31.2 Å². The summed E-state index contributed by atoms with van der Waals surface area (Å²) in [6.45, 7) is 9.17. The molecule has 0 bridgehead atoms.